The summed E-state index contributed by atoms with van der Waals surface area (Å²) < 4.78 is 10.4. The van der Waals surface area contributed by atoms with Crippen LogP contribution in [0.1, 0.15) is 44.8 Å². The van der Waals surface area contributed by atoms with Crippen LogP contribution in [-0.4, -0.2) is 12.1 Å². The molecule has 4 heteroatoms. The van der Waals surface area contributed by atoms with Gasteiger partial charge in [-0.25, -0.2) is 4.79 Å². The molecule has 0 unspecified atom stereocenters. The van der Waals surface area contributed by atoms with Crippen molar-refractivity contribution in [3.63, 3.8) is 0 Å². The highest BCUT2D eigenvalue weighted by molar-refractivity contribution is 5.70. The highest BCUT2D eigenvalue weighted by Gasteiger charge is 2.17. The molecule has 0 atom stereocenters. The van der Waals surface area contributed by atoms with Crippen LogP contribution in [0.25, 0.3) is 0 Å². The summed E-state index contributed by atoms with van der Waals surface area (Å²) in [6.07, 6.45) is 7.67. The molecule has 17 heavy (non-hydrogen) atoms. The van der Waals surface area contributed by atoms with Gasteiger partial charge in [-0.1, -0.05) is 26.2 Å². The van der Waals surface area contributed by atoms with Crippen molar-refractivity contribution in [1.82, 2.24) is 5.32 Å². The van der Waals surface area contributed by atoms with Crippen molar-refractivity contribution < 1.29 is 13.9 Å². The van der Waals surface area contributed by atoms with Gasteiger partial charge in [0.2, 0.25) is 0 Å². The molecule has 1 amide bonds. The fourth-order valence-corrected chi connectivity index (χ4v) is 2.22. The zero-order valence-electron chi connectivity index (χ0n) is 10.2. The maximum absolute atomic E-state index is 11.7. The van der Waals surface area contributed by atoms with E-state index in [-0.39, 0.29) is 12.1 Å². The van der Waals surface area contributed by atoms with Crippen LogP contribution in [0.3, 0.4) is 0 Å². The Morgan fingerprint density at radius 2 is 2.24 bits per heavy atom. The van der Waals surface area contributed by atoms with Gasteiger partial charge >= 0.3 is 6.09 Å². The summed E-state index contributed by atoms with van der Waals surface area (Å²) in [5, 5.41) is 2.91. The van der Waals surface area contributed by atoms with Gasteiger partial charge in [-0.3, -0.25) is 0 Å². The third-order valence-corrected chi connectivity index (χ3v) is 3.16. The molecule has 0 aromatic carbocycles. The van der Waals surface area contributed by atoms with E-state index in [1.807, 2.05) is 6.92 Å². The summed E-state index contributed by atoms with van der Waals surface area (Å²) in [7, 11) is 0. The number of hydrogen-bond acceptors (Lipinski definition) is 3. The molecule has 1 fully saturated rings. The molecular formula is C13H19NO3. The van der Waals surface area contributed by atoms with E-state index in [4.69, 9.17) is 9.15 Å². The van der Waals surface area contributed by atoms with E-state index < -0.39 is 0 Å². The summed E-state index contributed by atoms with van der Waals surface area (Å²) in [5.74, 6) is 1.24. The lowest BCUT2D eigenvalue weighted by Gasteiger charge is -2.22. The van der Waals surface area contributed by atoms with Crippen molar-refractivity contribution in [3.05, 3.63) is 18.1 Å². The lowest BCUT2D eigenvalue weighted by molar-refractivity contribution is 0.191. The highest BCUT2D eigenvalue weighted by Crippen LogP contribution is 2.21. The van der Waals surface area contributed by atoms with Gasteiger partial charge in [0.15, 0.2) is 5.75 Å². The first-order valence-corrected chi connectivity index (χ1v) is 6.34. The molecule has 1 aromatic rings. The normalized spacial score (nSPS) is 16.8. The molecule has 1 saturated carbocycles. The fourth-order valence-electron chi connectivity index (χ4n) is 2.22. The molecule has 1 aromatic heterocycles. The number of furan rings is 1. The first kappa shape index (κ1) is 12.0. The van der Waals surface area contributed by atoms with Gasteiger partial charge in [-0.2, -0.15) is 0 Å². The molecule has 0 saturated heterocycles. The second-order valence-electron chi connectivity index (χ2n) is 4.43. The molecule has 2 rings (SSSR count). The monoisotopic (exact) mass is 237 g/mol. The Kier molecular flexibility index (Phi) is 4.07. The summed E-state index contributed by atoms with van der Waals surface area (Å²) in [6.45, 7) is 1.96. The van der Waals surface area contributed by atoms with Crippen LogP contribution in [0.4, 0.5) is 4.79 Å². The molecule has 1 aliphatic rings. The van der Waals surface area contributed by atoms with Crippen LogP contribution >= 0.6 is 0 Å². The number of rotatable bonds is 3. The lowest BCUT2D eigenvalue weighted by atomic mass is 9.96. The number of nitrogens with one attached hydrogen (secondary N) is 1. The highest BCUT2D eigenvalue weighted by atomic mass is 16.6. The first-order chi connectivity index (χ1) is 8.29. The number of hydrogen-bond donors (Lipinski definition) is 1. The molecule has 0 aliphatic heterocycles. The van der Waals surface area contributed by atoms with Crippen molar-refractivity contribution in [2.45, 2.75) is 51.5 Å². The first-order valence-electron chi connectivity index (χ1n) is 6.34. The van der Waals surface area contributed by atoms with E-state index in [9.17, 15) is 4.79 Å². The molecule has 4 nitrogen and oxygen atoms in total. The summed E-state index contributed by atoms with van der Waals surface area (Å²) in [6, 6.07) is 1.95. The zero-order valence-corrected chi connectivity index (χ0v) is 10.2. The Morgan fingerprint density at radius 3 is 2.94 bits per heavy atom. The summed E-state index contributed by atoms with van der Waals surface area (Å²) in [5.41, 5.74) is 0. The topological polar surface area (TPSA) is 51.5 Å². The maximum atomic E-state index is 11.7. The van der Waals surface area contributed by atoms with Gasteiger partial charge in [0.25, 0.3) is 0 Å². The minimum atomic E-state index is -0.368. The van der Waals surface area contributed by atoms with E-state index >= 15 is 0 Å². The Hall–Kier alpha value is -1.45. The molecule has 1 heterocycles. The van der Waals surface area contributed by atoms with Crippen LogP contribution in [0.15, 0.2) is 16.7 Å². The summed E-state index contributed by atoms with van der Waals surface area (Å²) in [4.78, 5) is 11.7. The number of amides is 1. The van der Waals surface area contributed by atoms with Crippen molar-refractivity contribution in [1.29, 1.82) is 0 Å². The van der Waals surface area contributed by atoms with Crippen LogP contribution in [0, 0.1) is 0 Å². The van der Waals surface area contributed by atoms with Crippen LogP contribution in [0.2, 0.25) is 0 Å². The second kappa shape index (κ2) is 5.75. The van der Waals surface area contributed by atoms with Crippen LogP contribution in [-0.2, 0) is 6.42 Å². The standard InChI is InChI=1S/C13H19NO3/c1-2-11-12(8-9-16-11)17-13(15)14-10-6-4-3-5-7-10/h8-10H,2-7H2,1H3,(H,14,15). The van der Waals surface area contributed by atoms with E-state index in [1.165, 1.54) is 19.3 Å². The average Bonchev–Trinajstić information content (AvgIpc) is 2.77. The lowest BCUT2D eigenvalue weighted by Crippen LogP contribution is -2.38. The van der Waals surface area contributed by atoms with E-state index in [2.05, 4.69) is 5.32 Å². The molecule has 94 valence electrons. The Labute approximate surface area is 101 Å². The number of carbonyl (C=O) groups is 1. The van der Waals surface area contributed by atoms with Crippen molar-refractivity contribution in [3.8, 4) is 5.75 Å². The predicted octanol–water partition coefficient (Wildman–Crippen LogP) is 3.26. The van der Waals surface area contributed by atoms with Crippen molar-refractivity contribution >= 4 is 6.09 Å². The van der Waals surface area contributed by atoms with Gasteiger partial charge in [-0.05, 0) is 12.8 Å². The smallest absolute Gasteiger partial charge is 0.412 e. The Morgan fingerprint density at radius 1 is 1.47 bits per heavy atom. The van der Waals surface area contributed by atoms with Gasteiger partial charge in [0.1, 0.15) is 5.76 Å². The largest absolute Gasteiger partial charge is 0.465 e. The van der Waals surface area contributed by atoms with Gasteiger partial charge in [-0.15, -0.1) is 0 Å². The van der Waals surface area contributed by atoms with E-state index in [0.29, 0.717) is 11.5 Å². The minimum absolute atomic E-state index is 0.272. The van der Waals surface area contributed by atoms with Crippen LogP contribution in [0.5, 0.6) is 5.75 Å². The quantitative estimate of drug-likeness (QED) is 0.877. The fraction of sp³-hybridized carbons (Fsp3) is 0.615. The third kappa shape index (κ3) is 3.25. The SMILES string of the molecule is CCc1occc1OC(=O)NC1CCCCC1. The molecule has 0 radical (unpaired) electrons. The molecule has 0 bridgehead atoms. The van der Waals surface area contributed by atoms with Gasteiger partial charge in [0, 0.05) is 18.5 Å². The van der Waals surface area contributed by atoms with Crippen molar-refractivity contribution in [2.24, 2.45) is 0 Å². The Balaban J connectivity index is 1.84. The molecule has 0 spiro atoms. The van der Waals surface area contributed by atoms with E-state index in [0.717, 1.165) is 19.3 Å². The average molecular weight is 237 g/mol. The summed E-state index contributed by atoms with van der Waals surface area (Å²) >= 11 is 0. The zero-order chi connectivity index (χ0) is 12.1. The number of carbonyl (C=O) groups excluding carboxylic acids is 1. The Bertz CT molecular complexity index is 366. The third-order valence-electron chi connectivity index (χ3n) is 3.16. The van der Waals surface area contributed by atoms with Crippen LogP contribution < -0.4 is 10.1 Å². The van der Waals surface area contributed by atoms with Crippen molar-refractivity contribution in [2.75, 3.05) is 0 Å². The molecular weight excluding hydrogens is 218 g/mol. The second-order valence-corrected chi connectivity index (χ2v) is 4.43. The molecule has 1 aliphatic carbocycles. The predicted molar refractivity (Wildman–Crippen MR) is 64.1 cm³/mol. The minimum Gasteiger partial charge on any atom is -0.465 e. The number of aryl methyl sites for hydroxylation is 1. The van der Waals surface area contributed by atoms with Gasteiger partial charge < -0.3 is 14.5 Å². The van der Waals surface area contributed by atoms with E-state index in [1.54, 1.807) is 12.3 Å². The number of ether oxygens (including phenoxy) is 1. The molecule has 1 N–H and O–H groups in total. The maximum Gasteiger partial charge on any atom is 0.412 e. The van der Waals surface area contributed by atoms with Gasteiger partial charge in [0.05, 0.1) is 6.26 Å².